The van der Waals surface area contributed by atoms with E-state index < -0.39 is 5.97 Å². The SMILES string of the molecule is CN(CC(=O)O)C1CCCN(C(=O)c2cnc(-c3ccccc3)s2)CC1. The fourth-order valence-electron chi connectivity index (χ4n) is 3.31. The molecule has 1 fully saturated rings. The maximum atomic E-state index is 12.8. The maximum Gasteiger partial charge on any atom is 0.317 e. The second-order valence-corrected chi connectivity index (χ2v) is 7.61. The molecule has 0 saturated carbocycles. The fourth-order valence-corrected chi connectivity index (χ4v) is 4.20. The molecule has 1 N–H and O–H groups in total. The van der Waals surface area contributed by atoms with Gasteiger partial charge in [-0.1, -0.05) is 30.3 Å². The molecule has 2 heterocycles. The Hall–Kier alpha value is -2.25. The first-order valence-corrected chi connectivity index (χ1v) is 9.59. The van der Waals surface area contributed by atoms with E-state index in [0.29, 0.717) is 18.0 Å². The van der Waals surface area contributed by atoms with E-state index in [1.54, 1.807) is 6.20 Å². The predicted molar refractivity (Wildman–Crippen MR) is 101 cm³/mol. The van der Waals surface area contributed by atoms with Gasteiger partial charge < -0.3 is 10.0 Å². The van der Waals surface area contributed by atoms with Crippen molar-refractivity contribution >= 4 is 23.2 Å². The van der Waals surface area contributed by atoms with E-state index in [9.17, 15) is 9.59 Å². The van der Waals surface area contributed by atoms with Crippen molar-refractivity contribution in [2.45, 2.75) is 25.3 Å². The number of carboxylic acid groups (broad SMARTS) is 1. The van der Waals surface area contributed by atoms with Crippen molar-refractivity contribution in [1.82, 2.24) is 14.8 Å². The van der Waals surface area contributed by atoms with Crippen molar-refractivity contribution in [2.24, 2.45) is 0 Å². The van der Waals surface area contributed by atoms with Gasteiger partial charge >= 0.3 is 5.97 Å². The van der Waals surface area contributed by atoms with Gasteiger partial charge in [-0.3, -0.25) is 14.5 Å². The van der Waals surface area contributed by atoms with Crippen LogP contribution in [-0.2, 0) is 4.79 Å². The summed E-state index contributed by atoms with van der Waals surface area (Å²) < 4.78 is 0. The lowest BCUT2D eigenvalue weighted by molar-refractivity contribution is -0.138. The molecule has 3 rings (SSSR count). The molecule has 1 amide bonds. The Kier molecular flexibility index (Phi) is 6.00. The molecule has 6 nitrogen and oxygen atoms in total. The summed E-state index contributed by atoms with van der Waals surface area (Å²) in [7, 11) is 1.84. The van der Waals surface area contributed by atoms with E-state index >= 15 is 0 Å². The van der Waals surface area contributed by atoms with Crippen molar-refractivity contribution in [3.05, 3.63) is 41.4 Å². The van der Waals surface area contributed by atoms with Gasteiger partial charge in [-0.25, -0.2) is 4.98 Å². The molecule has 26 heavy (non-hydrogen) atoms. The topological polar surface area (TPSA) is 73.7 Å². The van der Waals surface area contributed by atoms with Crippen LogP contribution in [0.4, 0.5) is 0 Å². The van der Waals surface area contributed by atoms with Crippen molar-refractivity contribution in [1.29, 1.82) is 0 Å². The van der Waals surface area contributed by atoms with E-state index in [1.165, 1.54) is 11.3 Å². The summed E-state index contributed by atoms with van der Waals surface area (Å²) in [5.74, 6) is -0.797. The van der Waals surface area contributed by atoms with E-state index in [-0.39, 0.29) is 18.5 Å². The number of aromatic nitrogens is 1. The molecule has 2 aromatic rings. The first kappa shape index (κ1) is 18.5. The van der Waals surface area contributed by atoms with Gasteiger partial charge in [-0.15, -0.1) is 11.3 Å². The van der Waals surface area contributed by atoms with Crippen LogP contribution in [0.15, 0.2) is 36.5 Å². The molecule has 1 aliphatic rings. The number of benzene rings is 1. The van der Waals surface area contributed by atoms with Gasteiger partial charge in [-0.05, 0) is 26.3 Å². The molecule has 1 aliphatic heterocycles. The zero-order valence-electron chi connectivity index (χ0n) is 14.8. The normalized spacial score (nSPS) is 17.9. The molecule has 1 aromatic heterocycles. The average molecular weight is 373 g/mol. The van der Waals surface area contributed by atoms with E-state index in [1.807, 2.05) is 47.2 Å². The summed E-state index contributed by atoms with van der Waals surface area (Å²) in [4.78, 5) is 32.5. The summed E-state index contributed by atoms with van der Waals surface area (Å²) >= 11 is 1.42. The van der Waals surface area contributed by atoms with Crippen LogP contribution in [0.5, 0.6) is 0 Å². The van der Waals surface area contributed by atoms with Crippen LogP contribution >= 0.6 is 11.3 Å². The van der Waals surface area contributed by atoms with E-state index in [2.05, 4.69) is 4.98 Å². The number of carboxylic acids is 1. The van der Waals surface area contributed by atoms with Gasteiger partial charge in [0, 0.05) is 24.7 Å². The Morgan fingerprint density at radius 2 is 2.04 bits per heavy atom. The van der Waals surface area contributed by atoms with Crippen LogP contribution in [0.3, 0.4) is 0 Å². The van der Waals surface area contributed by atoms with Gasteiger partial charge in [0.1, 0.15) is 9.88 Å². The standard InChI is InChI=1S/C19H23N3O3S/c1-21(13-17(23)24)15-8-5-10-22(11-9-15)19(25)16-12-20-18(26-16)14-6-3-2-4-7-14/h2-4,6-7,12,15H,5,8-11,13H2,1H3,(H,23,24). The highest BCUT2D eigenvalue weighted by Gasteiger charge is 2.25. The zero-order valence-corrected chi connectivity index (χ0v) is 15.6. The highest BCUT2D eigenvalue weighted by atomic mass is 32.1. The third-order valence-corrected chi connectivity index (χ3v) is 5.76. The van der Waals surface area contributed by atoms with Crippen molar-refractivity contribution < 1.29 is 14.7 Å². The molecular formula is C19H23N3O3S. The first-order valence-electron chi connectivity index (χ1n) is 8.77. The Labute approximate surface area is 157 Å². The number of likely N-dealkylation sites (tertiary alicyclic amines) is 1. The van der Waals surface area contributed by atoms with Crippen molar-refractivity contribution in [3.8, 4) is 10.6 Å². The number of likely N-dealkylation sites (N-methyl/N-ethyl adjacent to an activating group) is 1. The highest BCUT2D eigenvalue weighted by molar-refractivity contribution is 7.16. The zero-order chi connectivity index (χ0) is 18.5. The Balaban J connectivity index is 1.64. The number of hydrogen-bond donors (Lipinski definition) is 1. The lowest BCUT2D eigenvalue weighted by Gasteiger charge is -2.25. The molecule has 1 atom stereocenters. The van der Waals surface area contributed by atoms with Crippen LogP contribution in [0.1, 0.15) is 28.9 Å². The molecule has 7 heteroatoms. The third kappa shape index (κ3) is 4.47. The maximum absolute atomic E-state index is 12.8. The minimum absolute atomic E-state index is 0.0196. The van der Waals surface area contributed by atoms with E-state index in [4.69, 9.17) is 5.11 Å². The molecule has 138 valence electrons. The summed E-state index contributed by atoms with van der Waals surface area (Å²) in [5, 5.41) is 9.81. The second-order valence-electron chi connectivity index (χ2n) is 6.58. The van der Waals surface area contributed by atoms with E-state index in [0.717, 1.165) is 29.8 Å². The summed E-state index contributed by atoms with van der Waals surface area (Å²) in [5.41, 5.74) is 1.02. The molecular weight excluding hydrogens is 350 g/mol. The average Bonchev–Trinajstić information content (AvgIpc) is 2.99. The Morgan fingerprint density at radius 3 is 2.77 bits per heavy atom. The first-order chi connectivity index (χ1) is 12.5. The number of rotatable bonds is 5. The van der Waals surface area contributed by atoms with Crippen LogP contribution in [-0.4, -0.2) is 64.5 Å². The molecule has 1 saturated heterocycles. The van der Waals surface area contributed by atoms with Crippen LogP contribution in [0.2, 0.25) is 0 Å². The molecule has 0 spiro atoms. The number of aliphatic carboxylic acids is 1. The van der Waals surface area contributed by atoms with Gasteiger partial charge in [0.25, 0.3) is 5.91 Å². The molecule has 0 radical (unpaired) electrons. The number of hydrogen-bond acceptors (Lipinski definition) is 5. The molecule has 1 unspecified atom stereocenters. The summed E-state index contributed by atoms with van der Waals surface area (Å²) in [6.45, 7) is 1.38. The smallest absolute Gasteiger partial charge is 0.317 e. The number of carbonyl (C=O) groups excluding carboxylic acids is 1. The predicted octanol–water partition coefficient (Wildman–Crippen LogP) is 2.82. The van der Waals surface area contributed by atoms with Crippen LogP contribution < -0.4 is 0 Å². The molecule has 0 aliphatic carbocycles. The highest BCUT2D eigenvalue weighted by Crippen LogP contribution is 2.26. The van der Waals surface area contributed by atoms with Crippen LogP contribution in [0.25, 0.3) is 10.6 Å². The Bertz CT molecular complexity index is 762. The van der Waals surface area contributed by atoms with Crippen molar-refractivity contribution in [3.63, 3.8) is 0 Å². The monoisotopic (exact) mass is 373 g/mol. The number of amides is 1. The quantitative estimate of drug-likeness (QED) is 0.872. The summed E-state index contributed by atoms with van der Waals surface area (Å²) in [6.07, 6.45) is 4.24. The third-order valence-electron chi connectivity index (χ3n) is 4.73. The molecule has 1 aromatic carbocycles. The lowest BCUT2D eigenvalue weighted by Crippen LogP contribution is -2.37. The van der Waals surface area contributed by atoms with Crippen molar-refractivity contribution in [2.75, 3.05) is 26.7 Å². The van der Waals surface area contributed by atoms with Crippen LogP contribution in [0, 0.1) is 0 Å². The number of nitrogens with zero attached hydrogens (tertiary/aromatic N) is 3. The molecule has 0 bridgehead atoms. The number of carbonyl (C=O) groups is 2. The minimum Gasteiger partial charge on any atom is -0.480 e. The Morgan fingerprint density at radius 1 is 1.27 bits per heavy atom. The fraction of sp³-hybridized carbons (Fsp3) is 0.421. The van der Waals surface area contributed by atoms with Gasteiger partial charge in [0.2, 0.25) is 0 Å². The lowest BCUT2D eigenvalue weighted by atomic mass is 10.1. The van der Waals surface area contributed by atoms with Gasteiger partial charge in [-0.2, -0.15) is 0 Å². The van der Waals surface area contributed by atoms with Gasteiger partial charge in [0.05, 0.1) is 12.7 Å². The second kappa shape index (κ2) is 8.42. The largest absolute Gasteiger partial charge is 0.480 e. The number of thiazole rings is 1. The minimum atomic E-state index is -0.817. The van der Waals surface area contributed by atoms with Gasteiger partial charge in [0.15, 0.2) is 0 Å². The summed E-state index contributed by atoms with van der Waals surface area (Å²) in [6, 6.07) is 10.1.